The fraction of sp³-hybridized carbons (Fsp3) is 0.125. The number of carbonyl (C=O) groups excluding carboxylic acids is 1. The maximum absolute atomic E-state index is 12.8. The summed E-state index contributed by atoms with van der Waals surface area (Å²) in [7, 11) is 0. The average Bonchev–Trinajstić information content (AvgIpc) is 2.48. The van der Waals surface area contributed by atoms with Crippen LogP contribution in [0.4, 0.5) is 10.1 Å². The van der Waals surface area contributed by atoms with E-state index in [1.165, 1.54) is 24.3 Å². The third-order valence-electron chi connectivity index (χ3n) is 2.85. The summed E-state index contributed by atoms with van der Waals surface area (Å²) in [5.74, 6) is -0.182. The van der Waals surface area contributed by atoms with Crippen molar-refractivity contribution in [3.63, 3.8) is 0 Å². The maximum atomic E-state index is 12.8. The van der Waals surface area contributed by atoms with E-state index in [0.29, 0.717) is 16.5 Å². The molecule has 0 bridgehead atoms. The van der Waals surface area contributed by atoms with Gasteiger partial charge in [-0.2, -0.15) is 0 Å². The van der Waals surface area contributed by atoms with Crippen molar-refractivity contribution in [1.82, 2.24) is 5.32 Å². The smallest absolute Gasteiger partial charge is 0.264 e. The molecule has 0 aliphatic heterocycles. The van der Waals surface area contributed by atoms with E-state index >= 15 is 0 Å². The van der Waals surface area contributed by atoms with Crippen LogP contribution in [0, 0.1) is 12.7 Å². The Morgan fingerprint density at radius 3 is 2.61 bits per heavy atom. The number of nitrogens with one attached hydrogen (secondary N) is 2. The Hall–Kier alpha value is -2.18. The zero-order chi connectivity index (χ0) is 16.8. The van der Waals surface area contributed by atoms with Gasteiger partial charge < -0.3 is 10.1 Å². The number of thiocarbonyl (C=S) groups is 1. The molecule has 0 atom stereocenters. The molecular formula is C16H14ClFN2O2S. The van der Waals surface area contributed by atoms with Crippen molar-refractivity contribution in [2.24, 2.45) is 0 Å². The molecule has 0 aliphatic carbocycles. The van der Waals surface area contributed by atoms with Crippen molar-refractivity contribution in [3.05, 3.63) is 58.9 Å². The van der Waals surface area contributed by atoms with Gasteiger partial charge in [0.15, 0.2) is 11.7 Å². The first-order valence-corrected chi connectivity index (χ1v) is 7.48. The number of amides is 1. The average molecular weight is 353 g/mol. The molecule has 23 heavy (non-hydrogen) atoms. The number of hydrogen-bond acceptors (Lipinski definition) is 3. The molecule has 0 fully saturated rings. The molecule has 2 aromatic rings. The molecular weight excluding hydrogens is 339 g/mol. The van der Waals surface area contributed by atoms with E-state index in [2.05, 4.69) is 10.6 Å². The fourth-order valence-corrected chi connectivity index (χ4v) is 2.23. The number of anilines is 1. The minimum atomic E-state index is -0.404. The van der Waals surface area contributed by atoms with E-state index in [1.807, 2.05) is 6.92 Å². The predicted molar refractivity (Wildman–Crippen MR) is 92.4 cm³/mol. The molecule has 0 saturated heterocycles. The predicted octanol–water partition coefficient (Wildman–Crippen LogP) is 3.68. The van der Waals surface area contributed by atoms with Crippen LogP contribution < -0.4 is 15.4 Å². The van der Waals surface area contributed by atoms with Gasteiger partial charge in [-0.15, -0.1) is 0 Å². The summed E-state index contributed by atoms with van der Waals surface area (Å²) in [4.78, 5) is 11.8. The van der Waals surface area contributed by atoms with E-state index in [1.54, 1.807) is 18.2 Å². The minimum Gasteiger partial charge on any atom is -0.483 e. The molecule has 2 rings (SSSR count). The lowest BCUT2D eigenvalue weighted by atomic mass is 10.2. The Kier molecular flexibility index (Phi) is 5.90. The summed E-state index contributed by atoms with van der Waals surface area (Å²) in [5.41, 5.74) is 1.41. The lowest BCUT2D eigenvalue weighted by Crippen LogP contribution is -2.37. The van der Waals surface area contributed by atoms with E-state index in [4.69, 9.17) is 28.6 Å². The van der Waals surface area contributed by atoms with Gasteiger partial charge in [-0.1, -0.05) is 11.6 Å². The number of aryl methyl sites for hydroxylation is 1. The Morgan fingerprint density at radius 2 is 1.96 bits per heavy atom. The van der Waals surface area contributed by atoms with Crippen molar-refractivity contribution >= 4 is 40.5 Å². The number of halogens is 2. The highest BCUT2D eigenvalue weighted by Crippen LogP contribution is 2.21. The molecule has 0 heterocycles. The first-order chi connectivity index (χ1) is 10.9. The van der Waals surface area contributed by atoms with E-state index in [0.717, 1.165) is 5.56 Å². The number of rotatable bonds is 4. The maximum Gasteiger partial charge on any atom is 0.264 e. The van der Waals surface area contributed by atoms with Crippen LogP contribution in [0.25, 0.3) is 0 Å². The van der Waals surface area contributed by atoms with Crippen molar-refractivity contribution in [3.8, 4) is 5.75 Å². The number of carbonyl (C=O) groups is 1. The van der Waals surface area contributed by atoms with Crippen LogP contribution in [0.1, 0.15) is 5.56 Å². The highest BCUT2D eigenvalue weighted by atomic mass is 35.5. The summed E-state index contributed by atoms with van der Waals surface area (Å²) < 4.78 is 18.2. The van der Waals surface area contributed by atoms with Gasteiger partial charge >= 0.3 is 0 Å². The lowest BCUT2D eigenvalue weighted by Gasteiger charge is -2.11. The van der Waals surface area contributed by atoms with E-state index < -0.39 is 5.91 Å². The summed E-state index contributed by atoms with van der Waals surface area (Å²) >= 11 is 10.9. The largest absolute Gasteiger partial charge is 0.483 e. The summed E-state index contributed by atoms with van der Waals surface area (Å²) in [6.07, 6.45) is 0. The molecule has 1 amide bonds. The third-order valence-corrected chi connectivity index (χ3v) is 3.29. The van der Waals surface area contributed by atoms with Gasteiger partial charge in [0.25, 0.3) is 5.91 Å². The van der Waals surface area contributed by atoms with Crippen LogP contribution in [0.2, 0.25) is 5.02 Å². The lowest BCUT2D eigenvalue weighted by molar-refractivity contribution is -0.121. The third kappa shape index (κ3) is 5.50. The summed E-state index contributed by atoms with van der Waals surface area (Å²) in [6, 6.07) is 10.7. The van der Waals surface area contributed by atoms with Crippen molar-refractivity contribution in [2.75, 3.05) is 11.9 Å². The van der Waals surface area contributed by atoms with Crippen LogP contribution >= 0.6 is 23.8 Å². The number of ether oxygens (including phenoxy) is 1. The van der Waals surface area contributed by atoms with Gasteiger partial charge in [-0.25, -0.2) is 4.39 Å². The SMILES string of the molecule is Cc1cc(Cl)ccc1OCC(=O)NC(=S)Nc1ccc(F)cc1. The normalized spacial score (nSPS) is 10.0. The highest BCUT2D eigenvalue weighted by molar-refractivity contribution is 7.80. The van der Waals surface area contributed by atoms with Crippen LogP contribution in [0.3, 0.4) is 0 Å². The quantitative estimate of drug-likeness (QED) is 0.824. The highest BCUT2D eigenvalue weighted by Gasteiger charge is 2.07. The standard InChI is InChI=1S/C16H14ClFN2O2S/c1-10-8-11(17)2-7-14(10)22-9-15(21)20-16(23)19-13-5-3-12(18)4-6-13/h2-8H,9H2,1H3,(H2,19,20,21,23). The second-order valence-electron chi connectivity index (χ2n) is 4.71. The second-order valence-corrected chi connectivity index (χ2v) is 5.55. The Labute approximate surface area is 143 Å². The zero-order valence-electron chi connectivity index (χ0n) is 12.2. The minimum absolute atomic E-state index is 0.109. The Balaban J connectivity index is 1.82. The first-order valence-electron chi connectivity index (χ1n) is 6.69. The molecule has 0 unspecified atom stereocenters. The number of hydrogen-bond donors (Lipinski definition) is 2. The molecule has 0 saturated carbocycles. The first kappa shape index (κ1) is 17.2. The van der Waals surface area contributed by atoms with Gasteiger partial charge in [-0.05, 0) is 67.2 Å². The van der Waals surface area contributed by atoms with Crippen molar-refractivity contribution in [1.29, 1.82) is 0 Å². The van der Waals surface area contributed by atoms with Crippen LogP contribution in [-0.2, 0) is 4.79 Å². The summed E-state index contributed by atoms with van der Waals surface area (Å²) in [6.45, 7) is 1.65. The second kappa shape index (κ2) is 7.89. The number of benzene rings is 2. The van der Waals surface area contributed by atoms with Crippen LogP contribution in [0.5, 0.6) is 5.75 Å². The molecule has 0 aromatic heterocycles. The zero-order valence-corrected chi connectivity index (χ0v) is 13.8. The fourth-order valence-electron chi connectivity index (χ4n) is 1.78. The van der Waals surface area contributed by atoms with Crippen molar-refractivity contribution < 1.29 is 13.9 Å². The molecule has 0 aliphatic rings. The Bertz CT molecular complexity index is 723. The molecule has 7 heteroatoms. The van der Waals surface area contributed by atoms with Gasteiger partial charge in [-0.3, -0.25) is 10.1 Å². The molecule has 120 valence electrons. The van der Waals surface area contributed by atoms with Gasteiger partial charge in [0.05, 0.1) is 0 Å². The molecule has 0 spiro atoms. The van der Waals surface area contributed by atoms with Crippen LogP contribution in [-0.4, -0.2) is 17.6 Å². The molecule has 2 aromatic carbocycles. The molecule has 0 radical (unpaired) electrons. The summed E-state index contributed by atoms with van der Waals surface area (Å²) in [5, 5.41) is 5.97. The van der Waals surface area contributed by atoms with Crippen molar-refractivity contribution in [2.45, 2.75) is 6.92 Å². The van der Waals surface area contributed by atoms with Gasteiger partial charge in [0.2, 0.25) is 0 Å². The topological polar surface area (TPSA) is 50.4 Å². The molecule has 2 N–H and O–H groups in total. The monoisotopic (exact) mass is 352 g/mol. The molecule has 4 nitrogen and oxygen atoms in total. The van der Waals surface area contributed by atoms with E-state index in [9.17, 15) is 9.18 Å². The Morgan fingerprint density at radius 1 is 1.26 bits per heavy atom. The van der Waals surface area contributed by atoms with E-state index in [-0.39, 0.29) is 17.5 Å². The van der Waals surface area contributed by atoms with Gasteiger partial charge in [0, 0.05) is 10.7 Å². The van der Waals surface area contributed by atoms with Crippen LogP contribution in [0.15, 0.2) is 42.5 Å². The van der Waals surface area contributed by atoms with Gasteiger partial charge in [0.1, 0.15) is 11.6 Å².